The van der Waals surface area contributed by atoms with Gasteiger partial charge in [0, 0.05) is 29.5 Å². The maximum Gasteiger partial charge on any atom is 0.239 e. The van der Waals surface area contributed by atoms with Crippen molar-refractivity contribution in [1.82, 2.24) is 0 Å². The molecule has 7 heteroatoms. The normalized spacial score (nSPS) is 11.0. The molecule has 0 unspecified atom stereocenters. The number of ether oxygens (including phenoxy) is 2. The fourth-order valence-electron chi connectivity index (χ4n) is 6.02. The molecule has 7 aromatic rings. The molecule has 0 spiro atoms. The molecule has 0 atom stereocenters. The van der Waals surface area contributed by atoms with Gasteiger partial charge in [0.2, 0.25) is 11.2 Å². The number of hydrogen-bond acceptors (Lipinski definition) is 7. The Morgan fingerprint density at radius 1 is 0.520 bits per heavy atom. The van der Waals surface area contributed by atoms with E-state index in [0.717, 1.165) is 22.3 Å². The van der Waals surface area contributed by atoms with E-state index < -0.39 is 11.2 Å². The molecule has 7 nitrogen and oxygen atoms in total. The van der Waals surface area contributed by atoms with Gasteiger partial charge < -0.3 is 29.2 Å². The highest BCUT2D eigenvalue weighted by Crippen LogP contribution is 2.45. The van der Waals surface area contributed by atoms with E-state index in [-0.39, 0.29) is 65.8 Å². The summed E-state index contributed by atoms with van der Waals surface area (Å²) < 4.78 is 19.5. The molecule has 0 amide bonds. The minimum absolute atomic E-state index is 0.0345. The summed E-state index contributed by atoms with van der Waals surface area (Å²) in [7, 11) is 0. The number of aromatic hydroxyl groups is 3. The SMILES string of the molecule is O=c1c(OCc2ccccc2)c(-c2ccc(O)c(O)c2)oc2c(Cc3ccccc3)c(O)c(Cc3ccccc3)c(OCc3ccccc3)c12. The first-order valence-electron chi connectivity index (χ1n) is 16.3. The zero-order chi connectivity index (χ0) is 34.5. The van der Waals surface area contributed by atoms with Gasteiger partial charge in [-0.1, -0.05) is 121 Å². The van der Waals surface area contributed by atoms with E-state index in [1.165, 1.54) is 18.2 Å². The standard InChI is InChI=1S/C43H34O7/c44-35-22-21-32(25-36(35)45)40-43(49-27-31-19-11-4-12-20-31)39(47)37-41(48-26-30-17-9-3-10-18-30)33(23-28-13-5-1-6-14-28)38(46)34(42(37)50-40)24-29-15-7-2-8-16-29/h1-22,25,44-46H,23-24,26-27H2. The van der Waals surface area contributed by atoms with Crippen molar-refractivity contribution < 1.29 is 29.2 Å². The first-order chi connectivity index (χ1) is 24.5. The van der Waals surface area contributed by atoms with E-state index in [1.807, 2.05) is 121 Å². The number of benzene rings is 6. The number of fused-ring (bicyclic) bond motifs is 1. The van der Waals surface area contributed by atoms with Crippen LogP contribution in [-0.2, 0) is 26.1 Å². The molecule has 6 aromatic carbocycles. The van der Waals surface area contributed by atoms with Crippen LogP contribution >= 0.6 is 0 Å². The summed E-state index contributed by atoms with van der Waals surface area (Å²) >= 11 is 0. The van der Waals surface area contributed by atoms with Crippen LogP contribution in [0.4, 0.5) is 0 Å². The molecule has 0 saturated carbocycles. The Hall–Kier alpha value is -6.47. The Morgan fingerprint density at radius 3 is 1.52 bits per heavy atom. The van der Waals surface area contributed by atoms with E-state index in [4.69, 9.17) is 13.9 Å². The molecule has 0 aliphatic rings. The largest absolute Gasteiger partial charge is 0.507 e. The highest BCUT2D eigenvalue weighted by molar-refractivity contribution is 5.93. The Bertz CT molecular complexity index is 2300. The highest BCUT2D eigenvalue weighted by Gasteiger charge is 2.29. The molecule has 0 saturated heterocycles. The summed E-state index contributed by atoms with van der Waals surface area (Å²) in [6.45, 7) is 0.183. The Morgan fingerprint density at radius 2 is 1.00 bits per heavy atom. The Labute approximate surface area is 288 Å². The van der Waals surface area contributed by atoms with Gasteiger partial charge in [0.25, 0.3) is 0 Å². The predicted octanol–water partition coefficient (Wildman–Crippen LogP) is 8.92. The summed E-state index contributed by atoms with van der Waals surface area (Å²) in [6.07, 6.45) is 0.527. The topological polar surface area (TPSA) is 109 Å². The minimum atomic E-state index is -0.503. The van der Waals surface area contributed by atoms with Crippen LogP contribution in [0.15, 0.2) is 149 Å². The number of phenolic OH excluding ortho intramolecular Hbond substituents is 3. The van der Waals surface area contributed by atoms with Gasteiger partial charge in [-0.3, -0.25) is 4.79 Å². The van der Waals surface area contributed by atoms with Gasteiger partial charge in [-0.15, -0.1) is 0 Å². The average Bonchev–Trinajstić information content (AvgIpc) is 3.15. The summed E-state index contributed by atoms with van der Waals surface area (Å²) in [4.78, 5) is 15.0. The van der Waals surface area contributed by atoms with E-state index in [2.05, 4.69) is 0 Å². The van der Waals surface area contributed by atoms with Crippen LogP contribution in [0.5, 0.6) is 28.7 Å². The van der Waals surface area contributed by atoms with Crippen molar-refractivity contribution in [2.45, 2.75) is 26.1 Å². The Balaban J connectivity index is 1.53. The van der Waals surface area contributed by atoms with Crippen LogP contribution in [-0.4, -0.2) is 15.3 Å². The van der Waals surface area contributed by atoms with Crippen LogP contribution in [0, 0.1) is 0 Å². The van der Waals surface area contributed by atoms with Crippen molar-refractivity contribution in [2.24, 2.45) is 0 Å². The molecule has 1 aromatic heterocycles. The van der Waals surface area contributed by atoms with Gasteiger partial charge in [-0.25, -0.2) is 0 Å². The summed E-state index contributed by atoms with van der Waals surface area (Å²) in [5, 5.41) is 32.9. The molecule has 0 aliphatic heterocycles. The van der Waals surface area contributed by atoms with Gasteiger partial charge in [0.15, 0.2) is 17.3 Å². The fourth-order valence-corrected chi connectivity index (χ4v) is 6.02. The molecule has 248 valence electrons. The molecule has 0 bridgehead atoms. The van der Waals surface area contributed by atoms with Crippen LogP contribution < -0.4 is 14.9 Å². The molecule has 50 heavy (non-hydrogen) atoms. The number of phenols is 3. The lowest BCUT2D eigenvalue weighted by atomic mass is 9.93. The van der Waals surface area contributed by atoms with Gasteiger partial charge in [0.1, 0.15) is 35.7 Å². The molecular formula is C43H34O7. The molecule has 1 heterocycles. The van der Waals surface area contributed by atoms with E-state index in [0.29, 0.717) is 16.7 Å². The fraction of sp³-hybridized carbons (Fsp3) is 0.0930. The van der Waals surface area contributed by atoms with Crippen molar-refractivity contribution in [1.29, 1.82) is 0 Å². The average molecular weight is 663 g/mol. The third-order valence-electron chi connectivity index (χ3n) is 8.55. The maximum absolute atomic E-state index is 15.0. The van der Waals surface area contributed by atoms with Crippen molar-refractivity contribution in [3.63, 3.8) is 0 Å². The van der Waals surface area contributed by atoms with E-state index >= 15 is 0 Å². The van der Waals surface area contributed by atoms with E-state index in [1.54, 1.807) is 0 Å². The van der Waals surface area contributed by atoms with Gasteiger partial charge in [0.05, 0.1) is 0 Å². The van der Waals surface area contributed by atoms with Gasteiger partial charge >= 0.3 is 0 Å². The monoisotopic (exact) mass is 662 g/mol. The van der Waals surface area contributed by atoms with Crippen LogP contribution in [0.3, 0.4) is 0 Å². The van der Waals surface area contributed by atoms with Crippen molar-refractivity contribution in [3.8, 4) is 40.1 Å². The molecule has 7 rings (SSSR count). The summed E-state index contributed by atoms with van der Waals surface area (Å²) in [6, 6.07) is 42.5. The Kier molecular flexibility index (Phi) is 9.20. The first kappa shape index (κ1) is 32.1. The summed E-state index contributed by atoms with van der Waals surface area (Å²) in [5.74, 6) is -0.635. The zero-order valence-electron chi connectivity index (χ0n) is 27.1. The number of rotatable bonds is 11. The third-order valence-corrected chi connectivity index (χ3v) is 8.55. The van der Waals surface area contributed by atoms with Crippen LogP contribution in [0.1, 0.15) is 33.4 Å². The second-order valence-corrected chi connectivity index (χ2v) is 12.0. The lowest BCUT2D eigenvalue weighted by molar-refractivity contribution is 0.294. The molecule has 3 N–H and O–H groups in total. The molecular weight excluding hydrogens is 628 g/mol. The van der Waals surface area contributed by atoms with Crippen LogP contribution in [0.25, 0.3) is 22.3 Å². The summed E-state index contributed by atoms with van der Waals surface area (Å²) in [5.41, 5.74) is 4.28. The molecule has 0 aliphatic carbocycles. The smallest absolute Gasteiger partial charge is 0.239 e. The van der Waals surface area contributed by atoms with Gasteiger partial charge in [-0.2, -0.15) is 0 Å². The lowest BCUT2D eigenvalue weighted by Gasteiger charge is -2.21. The molecule has 0 radical (unpaired) electrons. The second-order valence-electron chi connectivity index (χ2n) is 12.0. The minimum Gasteiger partial charge on any atom is -0.507 e. The zero-order valence-corrected chi connectivity index (χ0v) is 27.1. The lowest BCUT2D eigenvalue weighted by Crippen LogP contribution is -2.14. The number of hydrogen-bond donors (Lipinski definition) is 3. The van der Waals surface area contributed by atoms with Crippen LogP contribution in [0.2, 0.25) is 0 Å². The maximum atomic E-state index is 15.0. The van der Waals surface area contributed by atoms with Crippen molar-refractivity contribution >= 4 is 11.0 Å². The van der Waals surface area contributed by atoms with Crippen molar-refractivity contribution in [2.75, 3.05) is 0 Å². The third kappa shape index (κ3) is 6.75. The van der Waals surface area contributed by atoms with Gasteiger partial charge in [-0.05, 0) is 40.5 Å². The highest BCUT2D eigenvalue weighted by atomic mass is 16.5. The predicted molar refractivity (Wildman–Crippen MR) is 193 cm³/mol. The van der Waals surface area contributed by atoms with Crippen molar-refractivity contribution in [3.05, 3.63) is 183 Å². The van der Waals surface area contributed by atoms with E-state index in [9.17, 15) is 20.1 Å². The second kappa shape index (κ2) is 14.3. The first-order valence-corrected chi connectivity index (χ1v) is 16.3. The molecule has 0 fully saturated rings. The quantitative estimate of drug-likeness (QED) is 0.119.